The maximum Gasteiger partial charge on any atom is 0.208 e. The van der Waals surface area contributed by atoms with E-state index in [9.17, 15) is 0 Å². The number of hydrogen-bond acceptors (Lipinski definition) is 3. The Morgan fingerprint density at radius 1 is 1.36 bits per heavy atom. The van der Waals surface area contributed by atoms with E-state index in [1.165, 1.54) is 19.3 Å². The van der Waals surface area contributed by atoms with Gasteiger partial charge in [-0.15, -0.1) is 0 Å². The van der Waals surface area contributed by atoms with E-state index in [4.69, 9.17) is 15.4 Å². The Morgan fingerprint density at radius 2 is 2.07 bits per heavy atom. The van der Waals surface area contributed by atoms with E-state index in [-0.39, 0.29) is 5.88 Å². The molecule has 0 saturated heterocycles. The summed E-state index contributed by atoms with van der Waals surface area (Å²) in [5.74, 6) is 0.757. The van der Waals surface area contributed by atoms with Crippen molar-refractivity contribution in [2.45, 2.75) is 38.0 Å². The van der Waals surface area contributed by atoms with Crippen molar-refractivity contribution in [1.82, 2.24) is 0 Å². The van der Waals surface area contributed by atoms with Crippen LogP contribution in [0.4, 0.5) is 5.88 Å². The molecular weight excluding hydrogens is 176 g/mol. The third-order valence-electron chi connectivity index (χ3n) is 3.00. The molecule has 1 aliphatic rings. The number of rotatable bonds is 1. The number of furan rings is 1. The Balaban J connectivity index is 2.26. The van der Waals surface area contributed by atoms with E-state index in [0.717, 1.165) is 18.4 Å². The van der Waals surface area contributed by atoms with Gasteiger partial charge in [0.15, 0.2) is 0 Å². The number of hydrogen-bond donors (Lipinski definition) is 1. The van der Waals surface area contributed by atoms with Crippen LogP contribution in [-0.4, -0.2) is 0 Å². The Bertz CT molecular complexity index is 356. The van der Waals surface area contributed by atoms with Crippen LogP contribution in [0.15, 0.2) is 10.7 Å². The summed E-state index contributed by atoms with van der Waals surface area (Å²) in [6, 6.07) is 2.12. The number of nitriles is 1. The fourth-order valence-corrected chi connectivity index (χ4v) is 2.22. The first-order valence-corrected chi connectivity index (χ1v) is 5.10. The molecule has 3 nitrogen and oxygen atoms in total. The van der Waals surface area contributed by atoms with Crippen molar-refractivity contribution in [3.8, 4) is 6.07 Å². The minimum atomic E-state index is 0.271. The monoisotopic (exact) mass is 190 g/mol. The van der Waals surface area contributed by atoms with Crippen molar-refractivity contribution in [3.63, 3.8) is 0 Å². The Kier molecular flexibility index (Phi) is 2.45. The van der Waals surface area contributed by atoms with Crippen LogP contribution >= 0.6 is 0 Å². The number of nitrogens with zero attached hydrogens (tertiary/aromatic N) is 1. The van der Waals surface area contributed by atoms with Crippen molar-refractivity contribution in [2.75, 3.05) is 5.73 Å². The summed E-state index contributed by atoms with van der Waals surface area (Å²) in [5, 5.41) is 8.93. The Hall–Kier alpha value is -1.43. The molecule has 1 heterocycles. The molecule has 1 saturated carbocycles. The summed E-state index contributed by atoms with van der Waals surface area (Å²) >= 11 is 0. The van der Waals surface area contributed by atoms with E-state index in [1.54, 1.807) is 6.26 Å². The molecule has 3 heteroatoms. The average molecular weight is 190 g/mol. The van der Waals surface area contributed by atoms with Gasteiger partial charge in [-0.3, -0.25) is 0 Å². The smallest absolute Gasteiger partial charge is 0.208 e. The van der Waals surface area contributed by atoms with Gasteiger partial charge in [0.2, 0.25) is 5.88 Å². The van der Waals surface area contributed by atoms with Crippen LogP contribution in [0.3, 0.4) is 0 Å². The molecular formula is C11H14N2O. The molecule has 0 aliphatic heterocycles. The highest BCUT2D eigenvalue weighted by molar-refractivity contribution is 5.52. The second-order valence-electron chi connectivity index (χ2n) is 3.88. The first-order chi connectivity index (χ1) is 6.83. The molecule has 1 aromatic heterocycles. The van der Waals surface area contributed by atoms with Crippen molar-refractivity contribution in [2.24, 2.45) is 0 Å². The van der Waals surface area contributed by atoms with Crippen LogP contribution in [0, 0.1) is 11.3 Å². The van der Waals surface area contributed by atoms with Crippen molar-refractivity contribution in [3.05, 3.63) is 17.4 Å². The maximum atomic E-state index is 8.93. The highest BCUT2D eigenvalue weighted by Crippen LogP contribution is 2.36. The van der Waals surface area contributed by atoms with Crippen molar-refractivity contribution < 1.29 is 4.42 Å². The molecule has 1 fully saturated rings. The molecule has 0 amide bonds. The molecule has 74 valence electrons. The summed E-state index contributed by atoms with van der Waals surface area (Å²) < 4.78 is 5.10. The Labute approximate surface area is 83.5 Å². The summed E-state index contributed by atoms with van der Waals surface area (Å²) in [7, 11) is 0. The van der Waals surface area contributed by atoms with Gasteiger partial charge in [0.05, 0.1) is 6.26 Å². The molecule has 2 N–H and O–H groups in total. The molecule has 0 unspecified atom stereocenters. The van der Waals surface area contributed by atoms with E-state index in [1.807, 2.05) is 0 Å². The molecule has 1 aromatic rings. The third-order valence-corrected chi connectivity index (χ3v) is 3.00. The minimum Gasteiger partial charge on any atom is -0.447 e. The van der Waals surface area contributed by atoms with Gasteiger partial charge in [0.1, 0.15) is 11.6 Å². The van der Waals surface area contributed by atoms with E-state index >= 15 is 0 Å². The SMILES string of the molecule is N#Cc1c(C2CCCCC2)coc1N. The highest BCUT2D eigenvalue weighted by Gasteiger charge is 2.22. The summed E-state index contributed by atoms with van der Waals surface area (Å²) in [4.78, 5) is 0. The van der Waals surface area contributed by atoms with Gasteiger partial charge in [-0.1, -0.05) is 19.3 Å². The summed E-state index contributed by atoms with van der Waals surface area (Å²) in [5.41, 5.74) is 7.14. The van der Waals surface area contributed by atoms with Crippen LogP contribution in [-0.2, 0) is 0 Å². The lowest BCUT2D eigenvalue weighted by atomic mass is 9.84. The number of nitrogen functional groups attached to an aromatic ring is 1. The fourth-order valence-electron chi connectivity index (χ4n) is 2.22. The quantitative estimate of drug-likeness (QED) is 0.740. The molecule has 0 spiro atoms. The zero-order chi connectivity index (χ0) is 9.97. The zero-order valence-electron chi connectivity index (χ0n) is 8.12. The fraction of sp³-hybridized carbons (Fsp3) is 0.545. The lowest BCUT2D eigenvalue weighted by Crippen LogP contribution is -2.05. The van der Waals surface area contributed by atoms with Crippen LogP contribution in [0.5, 0.6) is 0 Å². The first-order valence-electron chi connectivity index (χ1n) is 5.10. The standard InChI is InChI=1S/C11H14N2O/c12-6-9-10(7-14-11(9)13)8-4-2-1-3-5-8/h7-8H,1-5,13H2. The Morgan fingerprint density at radius 3 is 2.71 bits per heavy atom. The van der Waals surface area contributed by atoms with E-state index in [0.29, 0.717) is 11.5 Å². The largest absolute Gasteiger partial charge is 0.447 e. The van der Waals surface area contributed by atoms with Gasteiger partial charge in [-0.25, -0.2) is 0 Å². The summed E-state index contributed by atoms with van der Waals surface area (Å²) in [6.45, 7) is 0. The molecule has 14 heavy (non-hydrogen) atoms. The van der Waals surface area contributed by atoms with Crippen LogP contribution < -0.4 is 5.73 Å². The average Bonchev–Trinajstić information content (AvgIpc) is 2.61. The predicted molar refractivity (Wildman–Crippen MR) is 53.7 cm³/mol. The molecule has 0 aromatic carbocycles. The topological polar surface area (TPSA) is 63.0 Å². The first kappa shape index (κ1) is 9.14. The minimum absolute atomic E-state index is 0.271. The second kappa shape index (κ2) is 3.75. The van der Waals surface area contributed by atoms with Gasteiger partial charge in [-0.05, 0) is 18.8 Å². The van der Waals surface area contributed by atoms with Crippen molar-refractivity contribution >= 4 is 5.88 Å². The molecule has 0 atom stereocenters. The maximum absolute atomic E-state index is 8.93. The normalized spacial score (nSPS) is 17.9. The van der Waals surface area contributed by atoms with Crippen LogP contribution in [0.25, 0.3) is 0 Å². The van der Waals surface area contributed by atoms with Crippen molar-refractivity contribution in [1.29, 1.82) is 5.26 Å². The van der Waals surface area contributed by atoms with Gasteiger partial charge >= 0.3 is 0 Å². The van der Waals surface area contributed by atoms with Gasteiger partial charge in [-0.2, -0.15) is 5.26 Å². The second-order valence-corrected chi connectivity index (χ2v) is 3.88. The summed E-state index contributed by atoms with van der Waals surface area (Å²) in [6.07, 6.45) is 7.79. The lowest BCUT2D eigenvalue weighted by molar-refractivity contribution is 0.439. The van der Waals surface area contributed by atoms with E-state index < -0.39 is 0 Å². The molecule has 0 radical (unpaired) electrons. The molecule has 0 bridgehead atoms. The predicted octanol–water partition coefficient (Wildman–Crippen LogP) is 2.78. The highest BCUT2D eigenvalue weighted by atomic mass is 16.3. The molecule has 2 rings (SSSR count). The number of nitrogens with two attached hydrogens (primary N) is 1. The zero-order valence-corrected chi connectivity index (χ0v) is 8.12. The van der Waals surface area contributed by atoms with E-state index in [2.05, 4.69) is 6.07 Å². The van der Waals surface area contributed by atoms with Gasteiger partial charge < -0.3 is 10.2 Å². The third kappa shape index (κ3) is 1.48. The van der Waals surface area contributed by atoms with Gasteiger partial charge in [0.25, 0.3) is 0 Å². The lowest BCUT2D eigenvalue weighted by Gasteiger charge is -2.20. The number of anilines is 1. The van der Waals surface area contributed by atoms with Crippen LogP contribution in [0.2, 0.25) is 0 Å². The molecule has 1 aliphatic carbocycles. The van der Waals surface area contributed by atoms with Crippen LogP contribution in [0.1, 0.15) is 49.1 Å². The van der Waals surface area contributed by atoms with Gasteiger partial charge in [0, 0.05) is 5.56 Å².